The van der Waals surface area contributed by atoms with Crippen molar-refractivity contribution in [2.75, 3.05) is 11.3 Å². The number of ether oxygens (including phenoxy) is 1. The monoisotopic (exact) mass is 705 g/mol. The van der Waals surface area contributed by atoms with Gasteiger partial charge in [-0.2, -0.15) is 0 Å². The second kappa shape index (κ2) is 15.8. The summed E-state index contributed by atoms with van der Waals surface area (Å²) < 4.78 is 47.1. The number of sulfonamides is 1. The highest BCUT2D eigenvalue weighted by Gasteiger charge is 2.32. The number of halogens is 3. The molecule has 0 radical (unpaired) electrons. The van der Waals surface area contributed by atoms with Crippen LogP contribution in [0.25, 0.3) is 0 Å². The van der Waals surface area contributed by atoms with Crippen LogP contribution in [0.1, 0.15) is 22.7 Å². The molecule has 1 atom stereocenters. The normalized spacial score (nSPS) is 11.7. The zero-order valence-corrected chi connectivity index (χ0v) is 27.7. The van der Waals surface area contributed by atoms with Crippen LogP contribution in [0, 0.1) is 5.82 Å². The van der Waals surface area contributed by atoms with Crippen molar-refractivity contribution in [3.63, 3.8) is 0 Å². The molecule has 48 heavy (non-hydrogen) atoms. The summed E-state index contributed by atoms with van der Waals surface area (Å²) in [5.74, 6) is -1.15. The smallest absolute Gasteiger partial charge is 0.261 e. The minimum Gasteiger partial charge on any atom is -0.484 e. The van der Waals surface area contributed by atoms with Gasteiger partial charge in [-0.1, -0.05) is 77.8 Å². The van der Waals surface area contributed by atoms with Crippen LogP contribution in [0.2, 0.25) is 10.0 Å². The van der Waals surface area contributed by atoms with E-state index in [9.17, 15) is 22.4 Å². The Morgan fingerprint density at radius 2 is 1.33 bits per heavy atom. The molecule has 0 aliphatic heterocycles. The lowest BCUT2D eigenvalue weighted by atomic mass is 10.0. The van der Waals surface area contributed by atoms with Crippen molar-refractivity contribution in [1.29, 1.82) is 0 Å². The number of anilines is 1. The highest BCUT2D eigenvalue weighted by Crippen LogP contribution is 2.26. The quantitative estimate of drug-likeness (QED) is 0.133. The highest BCUT2D eigenvalue weighted by atomic mass is 35.5. The van der Waals surface area contributed by atoms with Crippen molar-refractivity contribution in [1.82, 2.24) is 10.2 Å². The molecule has 0 saturated heterocycles. The third kappa shape index (κ3) is 9.34. The van der Waals surface area contributed by atoms with Crippen molar-refractivity contribution in [2.24, 2.45) is 0 Å². The predicted octanol–water partition coefficient (Wildman–Crippen LogP) is 7.40. The summed E-state index contributed by atoms with van der Waals surface area (Å²) in [6, 6.07) is 32.4. The predicted molar refractivity (Wildman–Crippen MR) is 184 cm³/mol. The molecule has 5 aromatic rings. The fourth-order valence-electron chi connectivity index (χ4n) is 4.78. The van der Waals surface area contributed by atoms with Gasteiger partial charge in [0, 0.05) is 28.8 Å². The lowest BCUT2D eigenvalue weighted by Gasteiger charge is -2.31. The van der Waals surface area contributed by atoms with Gasteiger partial charge in [-0.05, 0) is 89.5 Å². The number of hydrogen-bond acceptors (Lipinski definition) is 5. The zero-order chi connectivity index (χ0) is 34.1. The summed E-state index contributed by atoms with van der Waals surface area (Å²) in [5, 5.41) is 4.04. The van der Waals surface area contributed by atoms with E-state index in [2.05, 4.69) is 10.0 Å². The van der Waals surface area contributed by atoms with Crippen LogP contribution in [0.5, 0.6) is 5.75 Å². The number of rotatable bonds is 13. The van der Waals surface area contributed by atoms with E-state index in [0.717, 1.165) is 23.3 Å². The SMILES string of the molecule is O=C(NCc1ccc(Cl)cc1)[C@H](c1ccccc1)N(Cc1ccc(Cl)cc1)C(=O)COc1ccc(S(=O)(=O)Nc2ccc(F)cc2)cc1. The van der Waals surface area contributed by atoms with Crippen LogP contribution in [0.4, 0.5) is 10.1 Å². The van der Waals surface area contributed by atoms with Crippen LogP contribution in [-0.4, -0.2) is 31.7 Å². The Morgan fingerprint density at radius 3 is 1.94 bits per heavy atom. The molecule has 0 heterocycles. The van der Waals surface area contributed by atoms with Crippen molar-refractivity contribution in [2.45, 2.75) is 24.0 Å². The van der Waals surface area contributed by atoms with E-state index < -0.39 is 40.3 Å². The first-order valence-corrected chi connectivity index (χ1v) is 16.9. The second-order valence-corrected chi connectivity index (χ2v) is 13.2. The standard InChI is InChI=1S/C36H30Cl2FN3O5S/c37-28-10-6-25(7-11-28)22-40-36(44)35(27-4-2-1-3-5-27)42(23-26-8-12-29(38)13-9-26)34(43)24-47-32-18-20-33(21-19-32)48(45,46)41-31-16-14-30(39)15-17-31/h1-21,35,41H,22-24H2,(H,40,44)/t35-/m0/s1. The van der Waals surface area contributed by atoms with E-state index >= 15 is 0 Å². The molecular weight excluding hydrogens is 676 g/mol. The largest absolute Gasteiger partial charge is 0.484 e. The molecule has 0 spiro atoms. The van der Waals surface area contributed by atoms with Gasteiger partial charge in [-0.3, -0.25) is 14.3 Å². The van der Waals surface area contributed by atoms with E-state index in [-0.39, 0.29) is 29.4 Å². The fourth-order valence-corrected chi connectivity index (χ4v) is 6.09. The average molecular weight is 707 g/mol. The summed E-state index contributed by atoms with van der Waals surface area (Å²) in [6.45, 7) is -0.162. The van der Waals surface area contributed by atoms with E-state index in [1.165, 1.54) is 41.3 Å². The minimum atomic E-state index is -3.97. The van der Waals surface area contributed by atoms with Crippen LogP contribution in [-0.2, 0) is 32.7 Å². The number of nitrogens with zero attached hydrogens (tertiary/aromatic N) is 1. The Labute approximate surface area is 288 Å². The molecule has 2 N–H and O–H groups in total. The van der Waals surface area contributed by atoms with Crippen LogP contribution >= 0.6 is 23.2 Å². The van der Waals surface area contributed by atoms with Crippen LogP contribution in [0.3, 0.4) is 0 Å². The number of carbonyl (C=O) groups excluding carboxylic acids is 2. The summed E-state index contributed by atoms with van der Waals surface area (Å²) in [7, 11) is -3.97. The molecule has 246 valence electrons. The second-order valence-electron chi connectivity index (χ2n) is 10.7. The first-order chi connectivity index (χ1) is 23.1. The van der Waals surface area contributed by atoms with Gasteiger partial charge in [0.05, 0.1) is 4.90 Å². The van der Waals surface area contributed by atoms with Gasteiger partial charge in [-0.25, -0.2) is 12.8 Å². The molecule has 0 aromatic heterocycles. The Bertz CT molecular complexity index is 1950. The molecular formula is C36H30Cl2FN3O5S. The van der Waals surface area contributed by atoms with Gasteiger partial charge in [0.1, 0.15) is 17.6 Å². The molecule has 5 aromatic carbocycles. The van der Waals surface area contributed by atoms with Crippen molar-refractivity contribution < 1.29 is 27.1 Å². The van der Waals surface area contributed by atoms with Gasteiger partial charge in [0.15, 0.2) is 6.61 Å². The maximum Gasteiger partial charge on any atom is 0.261 e. The van der Waals surface area contributed by atoms with Gasteiger partial charge in [0.25, 0.3) is 15.9 Å². The summed E-state index contributed by atoms with van der Waals surface area (Å²) in [4.78, 5) is 29.1. The Kier molecular flexibility index (Phi) is 11.3. The van der Waals surface area contributed by atoms with E-state index in [1.807, 2.05) is 6.07 Å². The highest BCUT2D eigenvalue weighted by molar-refractivity contribution is 7.92. The molecule has 2 amide bonds. The zero-order valence-electron chi connectivity index (χ0n) is 25.4. The van der Waals surface area contributed by atoms with Gasteiger partial charge in [0.2, 0.25) is 5.91 Å². The number of amides is 2. The summed E-state index contributed by atoms with van der Waals surface area (Å²) in [5.41, 5.74) is 2.36. The summed E-state index contributed by atoms with van der Waals surface area (Å²) >= 11 is 12.1. The number of hydrogen-bond donors (Lipinski definition) is 2. The molecule has 0 aliphatic carbocycles. The molecule has 0 bridgehead atoms. The lowest BCUT2D eigenvalue weighted by molar-refractivity contribution is -0.143. The molecule has 8 nitrogen and oxygen atoms in total. The molecule has 0 aliphatic rings. The average Bonchev–Trinajstić information content (AvgIpc) is 3.09. The maximum atomic E-state index is 13.9. The minimum absolute atomic E-state index is 0.0589. The Morgan fingerprint density at radius 1 is 0.750 bits per heavy atom. The number of nitrogens with one attached hydrogen (secondary N) is 2. The Hall–Kier alpha value is -4.90. The topological polar surface area (TPSA) is 105 Å². The number of benzene rings is 5. The van der Waals surface area contributed by atoms with E-state index in [4.69, 9.17) is 27.9 Å². The van der Waals surface area contributed by atoms with Crippen LogP contribution < -0.4 is 14.8 Å². The maximum absolute atomic E-state index is 13.9. The van der Waals surface area contributed by atoms with Crippen molar-refractivity contribution in [3.8, 4) is 5.75 Å². The third-order valence-corrected chi connectivity index (χ3v) is 9.14. The van der Waals surface area contributed by atoms with Gasteiger partial charge < -0.3 is 15.0 Å². The molecule has 12 heteroatoms. The van der Waals surface area contributed by atoms with Crippen molar-refractivity contribution >= 4 is 50.7 Å². The van der Waals surface area contributed by atoms with Gasteiger partial charge in [-0.15, -0.1) is 0 Å². The third-order valence-electron chi connectivity index (χ3n) is 7.23. The van der Waals surface area contributed by atoms with Crippen LogP contribution in [0.15, 0.2) is 132 Å². The fraction of sp³-hybridized carbons (Fsp3) is 0.111. The molecule has 0 saturated carbocycles. The lowest BCUT2D eigenvalue weighted by Crippen LogP contribution is -2.45. The molecule has 5 rings (SSSR count). The molecule has 0 fully saturated rings. The first kappa shape index (κ1) is 34.4. The molecule has 0 unspecified atom stereocenters. The number of carbonyl (C=O) groups is 2. The van der Waals surface area contributed by atoms with E-state index in [0.29, 0.717) is 15.6 Å². The Balaban J connectivity index is 1.35. The summed E-state index contributed by atoms with van der Waals surface area (Å²) in [6.07, 6.45) is 0. The first-order valence-electron chi connectivity index (χ1n) is 14.7. The van der Waals surface area contributed by atoms with Gasteiger partial charge >= 0.3 is 0 Å². The van der Waals surface area contributed by atoms with Crippen molar-refractivity contribution in [3.05, 3.63) is 160 Å². The van der Waals surface area contributed by atoms with E-state index in [1.54, 1.807) is 72.8 Å².